The molecule has 0 bridgehead atoms. The van der Waals surface area contributed by atoms with Gasteiger partial charge >= 0.3 is 0 Å². The molecule has 8 nitrogen and oxygen atoms in total. The lowest BCUT2D eigenvalue weighted by Gasteiger charge is -2.35. The Labute approximate surface area is 163 Å². The van der Waals surface area contributed by atoms with Gasteiger partial charge in [0.25, 0.3) is 5.91 Å². The molecule has 2 aromatic heterocycles. The van der Waals surface area contributed by atoms with Gasteiger partial charge < -0.3 is 14.7 Å². The highest BCUT2D eigenvalue weighted by Crippen LogP contribution is 2.22. The van der Waals surface area contributed by atoms with E-state index in [-0.39, 0.29) is 5.91 Å². The van der Waals surface area contributed by atoms with Crippen LogP contribution >= 0.6 is 11.5 Å². The third-order valence-electron chi connectivity index (χ3n) is 5.20. The number of aryl methyl sites for hydroxylation is 2. The highest BCUT2D eigenvalue weighted by atomic mass is 32.1. The zero-order valence-corrected chi connectivity index (χ0v) is 16.7. The van der Waals surface area contributed by atoms with Crippen molar-refractivity contribution in [1.82, 2.24) is 24.5 Å². The Hall–Kier alpha value is -2.29. The van der Waals surface area contributed by atoms with Gasteiger partial charge in [-0.15, -0.1) is 5.10 Å². The first-order chi connectivity index (χ1) is 13.1. The molecular weight excluding hydrogens is 362 g/mol. The number of rotatable bonds is 3. The molecule has 0 atom stereocenters. The van der Waals surface area contributed by atoms with Gasteiger partial charge in [-0.05, 0) is 44.6 Å². The zero-order chi connectivity index (χ0) is 18.8. The number of piperidine rings is 1. The molecule has 4 rings (SSSR count). The first-order valence-corrected chi connectivity index (χ1v) is 10.3. The van der Waals surface area contributed by atoms with E-state index in [1.165, 1.54) is 30.8 Å². The van der Waals surface area contributed by atoms with Crippen molar-refractivity contribution in [2.24, 2.45) is 0 Å². The Balaban J connectivity index is 1.44. The maximum atomic E-state index is 12.6. The number of carbonyl (C=O) groups excluding carboxylic acids is 1. The van der Waals surface area contributed by atoms with E-state index >= 15 is 0 Å². The fourth-order valence-electron chi connectivity index (χ4n) is 3.64. The zero-order valence-electron chi connectivity index (χ0n) is 15.9. The van der Waals surface area contributed by atoms with Gasteiger partial charge in [0, 0.05) is 51.0 Å². The van der Waals surface area contributed by atoms with Gasteiger partial charge in [0.05, 0.1) is 5.69 Å². The molecule has 2 saturated heterocycles. The van der Waals surface area contributed by atoms with Crippen LogP contribution in [-0.2, 0) is 0 Å². The molecule has 144 valence electrons. The number of anilines is 2. The summed E-state index contributed by atoms with van der Waals surface area (Å²) < 4.78 is 3.87. The Kier molecular flexibility index (Phi) is 5.20. The number of hydrogen-bond donors (Lipinski definition) is 0. The molecule has 2 aliphatic heterocycles. The molecule has 9 heteroatoms. The average Bonchev–Trinajstić information content (AvgIpc) is 3.13. The normalized spacial score (nSPS) is 18.1. The molecule has 0 saturated carbocycles. The van der Waals surface area contributed by atoms with Gasteiger partial charge in [-0.25, -0.2) is 4.98 Å². The maximum Gasteiger partial charge on any atom is 0.267 e. The Morgan fingerprint density at radius 3 is 2.37 bits per heavy atom. The molecular formula is C18H25N7OS. The van der Waals surface area contributed by atoms with Crippen LogP contribution in [-0.4, -0.2) is 69.6 Å². The topological polar surface area (TPSA) is 78.4 Å². The summed E-state index contributed by atoms with van der Waals surface area (Å²) in [5.74, 6) is 1.83. The molecule has 2 fully saturated rings. The van der Waals surface area contributed by atoms with E-state index in [1.54, 1.807) is 0 Å². The first-order valence-electron chi connectivity index (χ1n) is 9.55. The number of aromatic nitrogens is 4. The maximum absolute atomic E-state index is 12.6. The second-order valence-electron chi connectivity index (χ2n) is 7.18. The fraction of sp³-hybridized carbons (Fsp3) is 0.611. The highest BCUT2D eigenvalue weighted by molar-refractivity contribution is 7.07. The number of carbonyl (C=O) groups is 1. The van der Waals surface area contributed by atoms with Gasteiger partial charge in [-0.1, -0.05) is 4.49 Å². The van der Waals surface area contributed by atoms with E-state index in [2.05, 4.69) is 30.4 Å². The third-order valence-corrected chi connectivity index (χ3v) is 6.02. The SMILES string of the molecule is Cc1cc(N2CCCCC2)nc(N2CCN(C(=O)c3snnc3C)CC2)n1. The minimum absolute atomic E-state index is 0.0290. The molecule has 0 unspecified atom stereocenters. The van der Waals surface area contributed by atoms with Crippen LogP contribution in [0.1, 0.15) is 40.3 Å². The van der Waals surface area contributed by atoms with Crippen LogP contribution in [0.3, 0.4) is 0 Å². The van der Waals surface area contributed by atoms with Gasteiger partial charge in [-0.3, -0.25) is 4.79 Å². The molecule has 0 spiro atoms. The summed E-state index contributed by atoms with van der Waals surface area (Å²) >= 11 is 1.17. The smallest absolute Gasteiger partial charge is 0.267 e. The van der Waals surface area contributed by atoms with E-state index in [4.69, 9.17) is 4.98 Å². The predicted octanol–water partition coefficient (Wildman–Crippen LogP) is 1.90. The quantitative estimate of drug-likeness (QED) is 0.796. The van der Waals surface area contributed by atoms with Crippen LogP contribution in [0.25, 0.3) is 0 Å². The Bertz CT molecular complexity index is 810. The first kappa shape index (κ1) is 18.1. The summed E-state index contributed by atoms with van der Waals surface area (Å²) in [5.41, 5.74) is 1.70. The van der Waals surface area contributed by atoms with Crippen molar-refractivity contribution in [2.75, 3.05) is 49.1 Å². The monoisotopic (exact) mass is 387 g/mol. The van der Waals surface area contributed by atoms with Crippen molar-refractivity contribution in [2.45, 2.75) is 33.1 Å². The molecule has 0 aromatic carbocycles. The van der Waals surface area contributed by atoms with Crippen LogP contribution in [0.2, 0.25) is 0 Å². The lowest BCUT2D eigenvalue weighted by Crippen LogP contribution is -2.49. The largest absolute Gasteiger partial charge is 0.356 e. The molecule has 0 aliphatic carbocycles. The number of amides is 1. The van der Waals surface area contributed by atoms with Crippen LogP contribution in [0.15, 0.2) is 6.07 Å². The number of hydrogen-bond acceptors (Lipinski definition) is 8. The molecule has 2 aliphatic rings. The lowest BCUT2D eigenvalue weighted by atomic mass is 10.1. The molecule has 2 aromatic rings. The van der Waals surface area contributed by atoms with E-state index in [0.717, 1.165) is 43.6 Å². The van der Waals surface area contributed by atoms with E-state index in [9.17, 15) is 4.79 Å². The van der Waals surface area contributed by atoms with Crippen LogP contribution in [0, 0.1) is 13.8 Å². The van der Waals surface area contributed by atoms with Crippen molar-refractivity contribution in [1.29, 1.82) is 0 Å². The van der Waals surface area contributed by atoms with Crippen molar-refractivity contribution in [3.63, 3.8) is 0 Å². The minimum Gasteiger partial charge on any atom is -0.356 e. The van der Waals surface area contributed by atoms with Crippen LogP contribution in [0.4, 0.5) is 11.8 Å². The highest BCUT2D eigenvalue weighted by Gasteiger charge is 2.26. The molecule has 27 heavy (non-hydrogen) atoms. The van der Waals surface area contributed by atoms with E-state index in [1.807, 2.05) is 18.7 Å². The number of nitrogens with zero attached hydrogens (tertiary/aromatic N) is 7. The molecule has 0 N–H and O–H groups in total. The fourth-order valence-corrected chi connectivity index (χ4v) is 4.27. The Morgan fingerprint density at radius 2 is 1.70 bits per heavy atom. The second kappa shape index (κ2) is 7.75. The van der Waals surface area contributed by atoms with Gasteiger partial charge in [-0.2, -0.15) is 4.98 Å². The van der Waals surface area contributed by atoms with Gasteiger partial charge in [0.2, 0.25) is 5.95 Å². The summed E-state index contributed by atoms with van der Waals surface area (Å²) in [7, 11) is 0. The summed E-state index contributed by atoms with van der Waals surface area (Å²) in [6.45, 7) is 8.79. The minimum atomic E-state index is 0.0290. The van der Waals surface area contributed by atoms with Gasteiger partial charge in [0.15, 0.2) is 0 Å². The van der Waals surface area contributed by atoms with Crippen LogP contribution in [0.5, 0.6) is 0 Å². The number of piperazine rings is 1. The third kappa shape index (κ3) is 3.87. The standard InChI is InChI=1S/C18H25N7OS/c1-13-12-15(23-6-4-3-5-7-23)20-18(19-13)25-10-8-24(9-11-25)17(26)16-14(2)21-22-27-16/h12H,3-11H2,1-2H3. The summed E-state index contributed by atoms with van der Waals surface area (Å²) in [6.07, 6.45) is 3.76. The molecule has 1 amide bonds. The van der Waals surface area contributed by atoms with Crippen molar-refractivity contribution in [3.05, 3.63) is 22.3 Å². The summed E-state index contributed by atoms with van der Waals surface area (Å²) in [4.78, 5) is 29.2. The lowest BCUT2D eigenvalue weighted by molar-refractivity contribution is 0.0750. The van der Waals surface area contributed by atoms with Gasteiger partial charge in [0.1, 0.15) is 10.7 Å². The summed E-state index contributed by atoms with van der Waals surface area (Å²) in [5, 5.41) is 3.94. The predicted molar refractivity (Wildman–Crippen MR) is 106 cm³/mol. The molecule has 0 radical (unpaired) electrons. The average molecular weight is 388 g/mol. The molecule has 4 heterocycles. The van der Waals surface area contributed by atoms with Crippen molar-refractivity contribution < 1.29 is 4.79 Å². The van der Waals surface area contributed by atoms with Crippen molar-refractivity contribution >= 4 is 29.2 Å². The van der Waals surface area contributed by atoms with E-state index < -0.39 is 0 Å². The Morgan fingerprint density at radius 1 is 0.963 bits per heavy atom. The van der Waals surface area contributed by atoms with Crippen molar-refractivity contribution in [3.8, 4) is 0 Å². The second-order valence-corrected chi connectivity index (χ2v) is 7.94. The summed E-state index contributed by atoms with van der Waals surface area (Å²) in [6, 6.07) is 2.08. The van der Waals surface area contributed by atoms with E-state index in [0.29, 0.717) is 23.7 Å². The van der Waals surface area contributed by atoms with Crippen LogP contribution < -0.4 is 9.80 Å².